The van der Waals surface area contributed by atoms with Crippen molar-refractivity contribution in [2.24, 2.45) is 0 Å². The van der Waals surface area contributed by atoms with E-state index in [-0.39, 0.29) is 11.2 Å². The summed E-state index contributed by atoms with van der Waals surface area (Å²) in [6, 6.07) is 2.46. The largest absolute Gasteiger partial charge is 0.317 e. The van der Waals surface area contributed by atoms with Gasteiger partial charge in [-0.15, -0.1) is 0 Å². The Bertz CT molecular complexity index is 428. The standard InChI is InChI=1S/C11H17N3O3/c1-2-6-12-7-3-8-13-9-10(14(16)17)4-5-11(13)15/h4-5,9,12H,2-3,6-8H2,1H3. The van der Waals surface area contributed by atoms with Crippen molar-refractivity contribution in [1.82, 2.24) is 9.88 Å². The molecule has 0 aromatic carbocycles. The molecule has 6 heteroatoms. The van der Waals surface area contributed by atoms with Gasteiger partial charge in [0.05, 0.1) is 11.1 Å². The van der Waals surface area contributed by atoms with Crippen molar-refractivity contribution < 1.29 is 4.92 Å². The summed E-state index contributed by atoms with van der Waals surface area (Å²) in [7, 11) is 0. The zero-order chi connectivity index (χ0) is 12.7. The second-order valence-corrected chi connectivity index (χ2v) is 3.78. The maximum absolute atomic E-state index is 11.4. The van der Waals surface area contributed by atoms with Crippen molar-refractivity contribution >= 4 is 5.69 Å². The molecule has 0 aliphatic heterocycles. The highest BCUT2D eigenvalue weighted by Crippen LogP contribution is 2.06. The van der Waals surface area contributed by atoms with Gasteiger partial charge in [0.1, 0.15) is 0 Å². The maximum atomic E-state index is 11.4. The fourth-order valence-electron chi connectivity index (χ4n) is 1.48. The van der Waals surface area contributed by atoms with E-state index < -0.39 is 4.92 Å². The third-order valence-electron chi connectivity index (χ3n) is 2.36. The van der Waals surface area contributed by atoms with Gasteiger partial charge in [0.15, 0.2) is 0 Å². The number of nitro groups is 1. The van der Waals surface area contributed by atoms with Crippen LogP contribution in [0.4, 0.5) is 5.69 Å². The van der Waals surface area contributed by atoms with Crippen LogP contribution in [0.1, 0.15) is 19.8 Å². The fourth-order valence-corrected chi connectivity index (χ4v) is 1.48. The zero-order valence-corrected chi connectivity index (χ0v) is 9.89. The summed E-state index contributed by atoms with van der Waals surface area (Å²) < 4.78 is 1.38. The molecule has 17 heavy (non-hydrogen) atoms. The molecular weight excluding hydrogens is 222 g/mol. The molecule has 1 aromatic heterocycles. The predicted molar refractivity (Wildman–Crippen MR) is 65.1 cm³/mol. The maximum Gasteiger partial charge on any atom is 0.285 e. The summed E-state index contributed by atoms with van der Waals surface area (Å²) in [5.41, 5.74) is -0.253. The number of aryl methyl sites for hydroxylation is 1. The Hall–Kier alpha value is -1.69. The molecule has 1 N–H and O–H groups in total. The van der Waals surface area contributed by atoms with Crippen LogP contribution in [0.5, 0.6) is 0 Å². The van der Waals surface area contributed by atoms with Crippen molar-refractivity contribution in [3.8, 4) is 0 Å². The number of nitrogens with zero attached hydrogens (tertiary/aromatic N) is 2. The third kappa shape index (κ3) is 4.36. The molecule has 0 saturated heterocycles. The summed E-state index contributed by atoms with van der Waals surface area (Å²) in [5.74, 6) is 0. The minimum Gasteiger partial charge on any atom is -0.317 e. The number of pyridine rings is 1. The van der Waals surface area contributed by atoms with E-state index >= 15 is 0 Å². The fraction of sp³-hybridized carbons (Fsp3) is 0.545. The van der Waals surface area contributed by atoms with Crippen molar-refractivity contribution in [3.63, 3.8) is 0 Å². The first-order valence-corrected chi connectivity index (χ1v) is 5.70. The van der Waals surface area contributed by atoms with Gasteiger partial charge in [-0.2, -0.15) is 0 Å². The molecule has 0 saturated carbocycles. The lowest BCUT2D eigenvalue weighted by Crippen LogP contribution is -2.22. The van der Waals surface area contributed by atoms with Crippen molar-refractivity contribution in [2.45, 2.75) is 26.3 Å². The Balaban J connectivity index is 2.55. The molecule has 0 fully saturated rings. The van der Waals surface area contributed by atoms with E-state index in [1.165, 1.54) is 22.9 Å². The van der Waals surface area contributed by atoms with Gasteiger partial charge in [-0.05, 0) is 25.9 Å². The Kier molecular flexibility index (Phi) is 5.35. The van der Waals surface area contributed by atoms with Crippen LogP contribution < -0.4 is 10.9 Å². The highest BCUT2D eigenvalue weighted by molar-refractivity contribution is 5.24. The SMILES string of the molecule is CCCNCCCn1cc([N+](=O)[O-])ccc1=O. The van der Waals surface area contributed by atoms with E-state index in [0.29, 0.717) is 6.54 Å². The molecule has 1 heterocycles. The minimum atomic E-state index is -0.495. The molecule has 0 aliphatic carbocycles. The summed E-state index contributed by atoms with van der Waals surface area (Å²) in [6.45, 7) is 4.34. The molecular formula is C11H17N3O3. The molecule has 1 rings (SSSR count). The van der Waals surface area contributed by atoms with Gasteiger partial charge in [-0.1, -0.05) is 6.92 Å². The third-order valence-corrected chi connectivity index (χ3v) is 2.36. The van der Waals surface area contributed by atoms with Gasteiger partial charge < -0.3 is 9.88 Å². The van der Waals surface area contributed by atoms with E-state index in [4.69, 9.17) is 0 Å². The van der Waals surface area contributed by atoms with Gasteiger partial charge in [-0.3, -0.25) is 14.9 Å². The first-order valence-electron chi connectivity index (χ1n) is 5.70. The second-order valence-electron chi connectivity index (χ2n) is 3.78. The lowest BCUT2D eigenvalue weighted by atomic mass is 10.3. The van der Waals surface area contributed by atoms with Crippen LogP contribution >= 0.6 is 0 Å². The molecule has 0 radical (unpaired) electrons. The van der Waals surface area contributed by atoms with E-state index in [0.717, 1.165) is 25.9 Å². The van der Waals surface area contributed by atoms with Gasteiger partial charge in [0, 0.05) is 18.7 Å². The lowest BCUT2D eigenvalue weighted by molar-refractivity contribution is -0.385. The highest BCUT2D eigenvalue weighted by Gasteiger charge is 2.06. The number of nitrogens with one attached hydrogen (secondary N) is 1. The summed E-state index contributed by atoms with van der Waals surface area (Å²) in [4.78, 5) is 21.5. The average molecular weight is 239 g/mol. The molecule has 6 nitrogen and oxygen atoms in total. The average Bonchev–Trinajstić information content (AvgIpc) is 2.30. The Morgan fingerprint density at radius 3 is 2.82 bits per heavy atom. The Morgan fingerprint density at radius 1 is 1.41 bits per heavy atom. The second kappa shape index (κ2) is 6.80. The number of hydrogen-bond donors (Lipinski definition) is 1. The highest BCUT2D eigenvalue weighted by atomic mass is 16.6. The molecule has 0 aliphatic rings. The molecule has 0 unspecified atom stereocenters. The number of hydrogen-bond acceptors (Lipinski definition) is 4. The van der Waals surface area contributed by atoms with Gasteiger partial charge in [0.2, 0.25) is 0 Å². The van der Waals surface area contributed by atoms with E-state index in [9.17, 15) is 14.9 Å². The Labute approximate surface area is 99.4 Å². The summed E-state index contributed by atoms with van der Waals surface area (Å²) >= 11 is 0. The van der Waals surface area contributed by atoms with Gasteiger partial charge >= 0.3 is 0 Å². The van der Waals surface area contributed by atoms with Crippen LogP contribution in [-0.4, -0.2) is 22.6 Å². The van der Waals surface area contributed by atoms with Crippen molar-refractivity contribution in [2.75, 3.05) is 13.1 Å². The van der Waals surface area contributed by atoms with Crippen LogP contribution in [0.25, 0.3) is 0 Å². The molecule has 0 atom stereocenters. The molecule has 94 valence electrons. The topological polar surface area (TPSA) is 77.2 Å². The molecule has 1 aromatic rings. The molecule has 0 bridgehead atoms. The van der Waals surface area contributed by atoms with Gasteiger partial charge in [0.25, 0.3) is 11.2 Å². The van der Waals surface area contributed by atoms with E-state index in [2.05, 4.69) is 12.2 Å². The first-order chi connectivity index (χ1) is 8.15. The van der Waals surface area contributed by atoms with Crippen LogP contribution in [0, 0.1) is 10.1 Å². The zero-order valence-electron chi connectivity index (χ0n) is 9.89. The smallest absolute Gasteiger partial charge is 0.285 e. The van der Waals surface area contributed by atoms with Crippen molar-refractivity contribution in [3.05, 3.63) is 38.8 Å². The normalized spacial score (nSPS) is 10.4. The monoisotopic (exact) mass is 239 g/mol. The summed E-state index contributed by atoms with van der Waals surface area (Å²) in [5, 5.41) is 13.8. The van der Waals surface area contributed by atoms with Crippen LogP contribution in [0.2, 0.25) is 0 Å². The summed E-state index contributed by atoms with van der Waals surface area (Å²) in [6.07, 6.45) is 3.14. The minimum absolute atomic E-state index is 0.0499. The van der Waals surface area contributed by atoms with Crippen LogP contribution in [0.15, 0.2) is 23.1 Å². The molecule has 0 spiro atoms. The number of aromatic nitrogens is 1. The lowest BCUT2D eigenvalue weighted by Gasteiger charge is -2.05. The Morgan fingerprint density at radius 2 is 2.18 bits per heavy atom. The van der Waals surface area contributed by atoms with Crippen LogP contribution in [0.3, 0.4) is 0 Å². The quantitative estimate of drug-likeness (QED) is 0.440. The van der Waals surface area contributed by atoms with Gasteiger partial charge in [-0.25, -0.2) is 0 Å². The molecule has 0 amide bonds. The predicted octanol–water partition coefficient (Wildman–Crippen LogP) is 1.15. The van der Waals surface area contributed by atoms with Crippen molar-refractivity contribution in [1.29, 1.82) is 0 Å². The van der Waals surface area contributed by atoms with E-state index in [1.807, 2.05) is 0 Å². The first kappa shape index (κ1) is 13.4. The van der Waals surface area contributed by atoms with Crippen LogP contribution in [-0.2, 0) is 6.54 Å². The van der Waals surface area contributed by atoms with E-state index in [1.54, 1.807) is 0 Å². The number of rotatable bonds is 7.